The van der Waals surface area contributed by atoms with E-state index in [9.17, 15) is 0 Å². The lowest BCUT2D eigenvalue weighted by atomic mass is 10.1. The molecule has 0 bridgehead atoms. The highest BCUT2D eigenvalue weighted by atomic mass is 16.5. The Bertz CT molecular complexity index is 462. The molecule has 2 aromatic rings. The smallest absolute Gasteiger partial charge is 0.227 e. The third-order valence-electron chi connectivity index (χ3n) is 2.60. The Balaban J connectivity index is 2.04. The van der Waals surface area contributed by atoms with Crippen LogP contribution in [0.15, 0.2) is 28.8 Å². The number of hydrogen-bond acceptors (Lipinski definition) is 4. The molecule has 0 saturated heterocycles. The first kappa shape index (κ1) is 11.8. The van der Waals surface area contributed by atoms with Crippen molar-refractivity contribution < 1.29 is 4.52 Å². The average molecular weight is 231 g/mol. The van der Waals surface area contributed by atoms with Crippen molar-refractivity contribution in [3.05, 3.63) is 35.7 Å². The maximum absolute atomic E-state index is 5.21. The van der Waals surface area contributed by atoms with Crippen molar-refractivity contribution in [1.29, 1.82) is 0 Å². The lowest BCUT2D eigenvalue weighted by Gasteiger charge is -1.95. The van der Waals surface area contributed by atoms with E-state index < -0.39 is 0 Å². The fourth-order valence-electron chi connectivity index (χ4n) is 1.59. The second-order valence-electron chi connectivity index (χ2n) is 4.08. The van der Waals surface area contributed by atoms with E-state index in [1.165, 1.54) is 5.56 Å². The molecule has 1 N–H and O–H groups in total. The topological polar surface area (TPSA) is 51.0 Å². The molecule has 1 aromatic heterocycles. The molecule has 0 saturated carbocycles. The Labute approximate surface area is 101 Å². The first-order chi connectivity index (χ1) is 8.29. The summed E-state index contributed by atoms with van der Waals surface area (Å²) in [5, 5.41) is 7.08. The molecule has 0 aliphatic rings. The third kappa shape index (κ3) is 3.14. The van der Waals surface area contributed by atoms with E-state index in [1.54, 1.807) is 0 Å². The minimum absolute atomic E-state index is 0.671. The van der Waals surface area contributed by atoms with Crippen molar-refractivity contribution in [3.63, 3.8) is 0 Å². The maximum Gasteiger partial charge on any atom is 0.227 e. The van der Waals surface area contributed by atoms with Gasteiger partial charge in [0.15, 0.2) is 0 Å². The van der Waals surface area contributed by atoms with E-state index in [4.69, 9.17) is 4.52 Å². The zero-order chi connectivity index (χ0) is 12.1. The molecule has 17 heavy (non-hydrogen) atoms. The molecule has 0 unspecified atom stereocenters. The molecule has 1 aromatic carbocycles. The van der Waals surface area contributed by atoms with Crippen molar-refractivity contribution in [2.24, 2.45) is 0 Å². The number of nitrogens with zero attached hydrogens (tertiary/aromatic N) is 2. The lowest BCUT2D eigenvalue weighted by Crippen LogP contribution is -2.08. The van der Waals surface area contributed by atoms with Gasteiger partial charge in [-0.1, -0.05) is 35.0 Å². The Kier molecular flexibility index (Phi) is 3.88. The molecule has 0 radical (unpaired) electrons. The van der Waals surface area contributed by atoms with E-state index in [0.29, 0.717) is 11.7 Å². The van der Waals surface area contributed by atoms with Crippen LogP contribution in [-0.2, 0) is 6.42 Å². The van der Waals surface area contributed by atoms with E-state index in [-0.39, 0.29) is 0 Å². The first-order valence-electron chi connectivity index (χ1n) is 5.84. The number of nitrogens with one attached hydrogen (secondary N) is 1. The summed E-state index contributed by atoms with van der Waals surface area (Å²) in [6, 6.07) is 8.12. The van der Waals surface area contributed by atoms with Crippen LogP contribution in [0.4, 0.5) is 0 Å². The van der Waals surface area contributed by atoms with Crippen LogP contribution in [0.3, 0.4) is 0 Å². The molecule has 0 spiro atoms. The number of aromatic nitrogens is 2. The normalized spacial score (nSPS) is 10.7. The van der Waals surface area contributed by atoms with Crippen molar-refractivity contribution in [2.75, 3.05) is 13.6 Å². The van der Waals surface area contributed by atoms with Crippen molar-refractivity contribution in [2.45, 2.75) is 19.8 Å². The number of benzene rings is 1. The van der Waals surface area contributed by atoms with E-state index >= 15 is 0 Å². The van der Waals surface area contributed by atoms with Crippen molar-refractivity contribution >= 4 is 0 Å². The van der Waals surface area contributed by atoms with Gasteiger partial charge in [0, 0.05) is 12.0 Å². The quantitative estimate of drug-likeness (QED) is 0.801. The molecular weight excluding hydrogens is 214 g/mol. The molecular formula is C13H17N3O. The van der Waals surface area contributed by atoms with Gasteiger partial charge in [0.1, 0.15) is 0 Å². The van der Waals surface area contributed by atoms with Gasteiger partial charge < -0.3 is 9.84 Å². The second-order valence-corrected chi connectivity index (χ2v) is 4.08. The van der Waals surface area contributed by atoms with Crippen LogP contribution in [0.2, 0.25) is 0 Å². The summed E-state index contributed by atoms with van der Waals surface area (Å²) in [6.07, 6.45) is 1.83. The van der Waals surface area contributed by atoms with Gasteiger partial charge in [-0.3, -0.25) is 0 Å². The van der Waals surface area contributed by atoms with Crippen LogP contribution in [0, 0.1) is 6.92 Å². The average Bonchev–Trinajstić information content (AvgIpc) is 2.79. The van der Waals surface area contributed by atoms with Crippen molar-refractivity contribution in [1.82, 2.24) is 15.5 Å². The largest absolute Gasteiger partial charge is 0.339 e. The zero-order valence-electron chi connectivity index (χ0n) is 10.2. The Morgan fingerprint density at radius 3 is 2.71 bits per heavy atom. The summed E-state index contributed by atoms with van der Waals surface area (Å²) < 4.78 is 5.21. The molecule has 0 amide bonds. The third-order valence-corrected chi connectivity index (χ3v) is 2.60. The number of hydrogen-bond donors (Lipinski definition) is 1. The van der Waals surface area contributed by atoms with Gasteiger partial charge in [-0.2, -0.15) is 4.98 Å². The summed E-state index contributed by atoms with van der Waals surface area (Å²) in [6.45, 7) is 3.02. The van der Waals surface area contributed by atoms with E-state index in [2.05, 4.69) is 22.4 Å². The number of aryl methyl sites for hydroxylation is 2. The molecule has 4 nitrogen and oxygen atoms in total. The monoisotopic (exact) mass is 231 g/mol. The Morgan fingerprint density at radius 2 is 2.00 bits per heavy atom. The van der Waals surface area contributed by atoms with Gasteiger partial charge in [-0.05, 0) is 26.9 Å². The van der Waals surface area contributed by atoms with Crippen LogP contribution in [0.1, 0.15) is 17.9 Å². The molecule has 90 valence electrons. The summed E-state index contributed by atoms with van der Waals surface area (Å²) >= 11 is 0. The molecule has 0 aliphatic heterocycles. The van der Waals surface area contributed by atoms with Crippen LogP contribution < -0.4 is 5.32 Å². The number of rotatable bonds is 5. The minimum atomic E-state index is 0.671. The molecule has 2 rings (SSSR count). The zero-order valence-corrected chi connectivity index (χ0v) is 10.2. The lowest BCUT2D eigenvalue weighted by molar-refractivity contribution is 0.375. The summed E-state index contributed by atoms with van der Waals surface area (Å²) in [4.78, 5) is 4.38. The molecule has 1 heterocycles. The maximum atomic E-state index is 5.21. The SMILES string of the molecule is CNCCCc1nc(-c2ccc(C)cc2)no1. The fraction of sp³-hybridized carbons (Fsp3) is 0.385. The Morgan fingerprint density at radius 1 is 1.24 bits per heavy atom. The highest BCUT2D eigenvalue weighted by Crippen LogP contribution is 2.16. The predicted octanol–water partition coefficient (Wildman–Crippen LogP) is 2.20. The predicted molar refractivity (Wildman–Crippen MR) is 66.7 cm³/mol. The highest BCUT2D eigenvalue weighted by Gasteiger charge is 2.07. The summed E-state index contributed by atoms with van der Waals surface area (Å²) in [5.74, 6) is 1.38. The van der Waals surface area contributed by atoms with Crippen LogP contribution in [0.25, 0.3) is 11.4 Å². The first-order valence-corrected chi connectivity index (χ1v) is 5.84. The van der Waals surface area contributed by atoms with Crippen LogP contribution >= 0.6 is 0 Å². The summed E-state index contributed by atoms with van der Waals surface area (Å²) in [7, 11) is 1.94. The standard InChI is InChI=1S/C13H17N3O/c1-10-5-7-11(8-6-10)13-15-12(17-16-13)4-3-9-14-2/h5-8,14H,3-4,9H2,1-2H3. The van der Waals surface area contributed by atoms with Gasteiger partial charge in [-0.15, -0.1) is 0 Å². The van der Waals surface area contributed by atoms with Gasteiger partial charge in [0.05, 0.1) is 0 Å². The molecule has 0 fully saturated rings. The molecule has 0 aliphatic carbocycles. The summed E-state index contributed by atoms with van der Waals surface area (Å²) in [5.41, 5.74) is 2.23. The van der Waals surface area contributed by atoms with Crippen LogP contribution in [-0.4, -0.2) is 23.7 Å². The van der Waals surface area contributed by atoms with Crippen LogP contribution in [0.5, 0.6) is 0 Å². The van der Waals surface area contributed by atoms with Gasteiger partial charge in [-0.25, -0.2) is 0 Å². The van der Waals surface area contributed by atoms with Gasteiger partial charge in [0.2, 0.25) is 11.7 Å². The Hall–Kier alpha value is -1.68. The van der Waals surface area contributed by atoms with Gasteiger partial charge >= 0.3 is 0 Å². The molecule has 4 heteroatoms. The minimum Gasteiger partial charge on any atom is -0.339 e. The van der Waals surface area contributed by atoms with E-state index in [0.717, 1.165) is 24.9 Å². The second kappa shape index (κ2) is 5.59. The van der Waals surface area contributed by atoms with Crippen molar-refractivity contribution in [3.8, 4) is 11.4 Å². The highest BCUT2D eigenvalue weighted by molar-refractivity contribution is 5.54. The van der Waals surface area contributed by atoms with E-state index in [1.807, 2.05) is 31.3 Å². The fourth-order valence-corrected chi connectivity index (χ4v) is 1.59. The molecule has 0 atom stereocenters. The van der Waals surface area contributed by atoms with Gasteiger partial charge in [0.25, 0.3) is 0 Å².